The van der Waals surface area contributed by atoms with Crippen molar-refractivity contribution in [3.63, 3.8) is 0 Å². The summed E-state index contributed by atoms with van der Waals surface area (Å²) in [6, 6.07) is 0.478. The predicted molar refractivity (Wildman–Crippen MR) is 75.6 cm³/mol. The lowest BCUT2D eigenvalue weighted by Crippen LogP contribution is -2.40. The second-order valence-electron chi connectivity index (χ2n) is 7.34. The van der Waals surface area contributed by atoms with Crippen molar-refractivity contribution < 1.29 is 0 Å². The Morgan fingerprint density at radius 2 is 1.56 bits per heavy atom. The van der Waals surface area contributed by atoms with Crippen LogP contribution in [0, 0.1) is 17.8 Å². The lowest BCUT2D eigenvalue weighted by molar-refractivity contribution is 0.105. The van der Waals surface area contributed by atoms with Gasteiger partial charge in [0.15, 0.2) is 0 Å². The van der Waals surface area contributed by atoms with E-state index in [-0.39, 0.29) is 0 Å². The van der Waals surface area contributed by atoms with Gasteiger partial charge in [0.1, 0.15) is 0 Å². The van der Waals surface area contributed by atoms with E-state index < -0.39 is 0 Å². The monoisotopic (exact) mass is 247 g/mol. The van der Waals surface area contributed by atoms with E-state index in [9.17, 15) is 0 Å². The topological polar surface area (TPSA) is 37.8 Å². The first-order valence-corrected chi connectivity index (χ1v) is 6.81. The summed E-state index contributed by atoms with van der Waals surface area (Å²) in [6.07, 6.45) is 7.40. The van der Waals surface area contributed by atoms with Crippen LogP contribution in [-0.4, -0.2) is 16.0 Å². The Morgan fingerprint density at radius 1 is 1.06 bits per heavy atom. The molecule has 1 aromatic heterocycles. The molecule has 0 saturated heterocycles. The average molecular weight is 247 g/mol. The number of hydrogen-bond acceptors (Lipinski definition) is 3. The Labute approximate surface area is 110 Å². The zero-order valence-corrected chi connectivity index (χ0v) is 12.2. The molecule has 1 fully saturated rings. The molecular formula is C15H25N3. The zero-order valence-electron chi connectivity index (χ0n) is 12.2. The van der Waals surface area contributed by atoms with Crippen LogP contribution < -0.4 is 5.32 Å². The molecule has 3 nitrogen and oxygen atoms in total. The number of nitrogens with one attached hydrogen (secondary N) is 1. The van der Waals surface area contributed by atoms with Gasteiger partial charge in [-0.25, -0.2) is 9.97 Å². The van der Waals surface area contributed by atoms with E-state index in [0.717, 1.165) is 11.5 Å². The van der Waals surface area contributed by atoms with Crippen LogP contribution in [0.4, 0.5) is 5.95 Å². The number of nitrogens with zero attached hydrogens (tertiary/aromatic N) is 2. The second-order valence-corrected chi connectivity index (χ2v) is 7.34. The molecule has 1 saturated carbocycles. The highest BCUT2D eigenvalue weighted by Crippen LogP contribution is 2.46. The van der Waals surface area contributed by atoms with Crippen LogP contribution in [0.3, 0.4) is 0 Å². The van der Waals surface area contributed by atoms with Crippen molar-refractivity contribution in [1.29, 1.82) is 0 Å². The Hall–Kier alpha value is -1.12. The predicted octanol–water partition coefficient (Wildman–Crippen LogP) is 3.80. The summed E-state index contributed by atoms with van der Waals surface area (Å²) < 4.78 is 0. The molecule has 0 aromatic carbocycles. The van der Waals surface area contributed by atoms with E-state index in [0.29, 0.717) is 16.9 Å². The van der Waals surface area contributed by atoms with Gasteiger partial charge in [0.25, 0.3) is 0 Å². The summed E-state index contributed by atoms with van der Waals surface area (Å²) in [4.78, 5) is 8.69. The minimum Gasteiger partial charge on any atom is -0.351 e. The molecule has 100 valence electrons. The summed E-state index contributed by atoms with van der Waals surface area (Å²) in [5.74, 6) is 0.763. The fourth-order valence-corrected chi connectivity index (χ4v) is 3.60. The molecule has 0 unspecified atom stereocenters. The summed E-state index contributed by atoms with van der Waals surface area (Å²) in [7, 11) is 0. The number of aryl methyl sites for hydroxylation is 1. The van der Waals surface area contributed by atoms with E-state index >= 15 is 0 Å². The van der Waals surface area contributed by atoms with Crippen LogP contribution in [0.25, 0.3) is 0 Å². The summed E-state index contributed by atoms with van der Waals surface area (Å²) >= 11 is 0. The van der Waals surface area contributed by atoms with Gasteiger partial charge >= 0.3 is 0 Å². The number of rotatable bonds is 2. The zero-order chi connectivity index (χ0) is 13.4. The SMILES string of the molecule is Cc1cnc(NC2CC(C)(C)CC(C)(C)C2)nc1. The minimum absolute atomic E-state index is 0.393. The van der Waals surface area contributed by atoms with E-state index in [2.05, 4.69) is 43.0 Å². The lowest BCUT2D eigenvalue weighted by Gasteiger charge is -2.45. The Morgan fingerprint density at radius 3 is 2.06 bits per heavy atom. The first-order valence-electron chi connectivity index (χ1n) is 6.81. The van der Waals surface area contributed by atoms with Gasteiger partial charge in [0.05, 0.1) is 0 Å². The van der Waals surface area contributed by atoms with Gasteiger partial charge in [0.2, 0.25) is 5.95 Å². The average Bonchev–Trinajstić information content (AvgIpc) is 2.16. The normalized spacial score (nSPS) is 22.7. The van der Waals surface area contributed by atoms with Gasteiger partial charge < -0.3 is 5.32 Å². The van der Waals surface area contributed by atoms with Gasteiger partial charge in [-0.1, -0.05) is 27.7 Å². The molecule has 1 N–H and O–H groups in total. The van der Waals surface area contributed by atoms with Crippen molar-refractivity contribution >= 4 is 5.95 Å². The maximum atomic E-state index is 4.35. The standard InChI is InChI=1S/C15H25N3/c1-11-8-16-13(17-9-11)18-12-6-14(2,3)10-15(4,5)7-12/h8-9,12H,6-7,10H2,1-5H3,(H,16,17,18). The first-order chi connectivity index (χ1) is 8.26. The van der Waals surface area contributed by atoms with Crippen molar-refractivity contribution in [3.8, 4) is 0 Å². The molecule has 0 radical (unpaired) electrons. The number of hydrogen-bond donors (Lipinski definition) is 1. The molecule has 0 spiro atoms. The van der Waals surface area contributed by atoms with Crippen LogP contribution in [0.5, 0.6) is 0 Å². The maximum absolute atomic E-state index is 4.35. The maximum Gasteiger partial charge on any atom is 0.222 e. The van der Waals surface area contributed by atoms with Crippen molar-refractivity contribution in [3.05, 3.63) is 18.0 Å². The quantitative estimate of drug-likeness (QED) is 0.863. The van der Waals surface area contributed by atoms with E-state index in [4.69, 9.17) is 0 Å². The van der Waals surface area contributed by atoms with Crippen molar-refractivity contribution in [2.24, 2.45) is 10.8 Å². The van der Waals surface area contributed by atoms with E-state index in [1.54, 1.807) is 0 Å². The molecule has 1 aromatic rings. The minimum atomic E-state index is 0.393. The molecule has 1 aliphatic carbocycles. The van der Waals surface area contributed by atoms with Gasteiger partial charge in [-0.3, -0.25) is 0 Å². The molecule has 0 amide bonds. The molecule has 0 atom stereocenters. The molecule has 1 heterocycles. The Kier molecular flexibility index (Phi) is 3.35. The van der Waals surface area contributed by atoms with Gasteiger partial charge in [0, 0.05) is 18.4 Å². The molecule has 3 heteroatoms. The van der Waals surface area contributed by atoms with Crippen molar-refractivity contribution in [1.82, 2.24) is 9.97 Å². The van der Waals surface area contributed by atoms with Crippen molar-refractivity contribution in [2.75, 3.05) is 5.32 Å². The molecule has 2 rings (SSSR count). The highest BCUT2D eigenvalue weighted by molar-refractivity contribution is 5.26. The summed E-state index contributed by atoms with van der Waals surface area (Å²) in [5.41, 5.74) is 1.89. The molecule has 0 aliphatic heterocycles. The third-order valence-electron chi connectivity index (χ3n) is 3.67. The molecule has 18 heavy (non-hydrogen) atoms. The summed E-state index contributed by atoms with van der Waals surface area (Å²) in [5, 5.41) is 3.50. The lowest BCUT2D eigenvalue weighted by atomic mass is 9.63. The van der Waals surface area contributed by atoms with Gasteiger partial charge in [-0.15, -0.1) is 0 Å². The van der Waals surface area contributed by atoms with Gasteiger partial charge in [-0.2, -0.15) is 0 Å². The third kappa shape index (κ3) is 3.44. The highest BCUT2D eigenvalue weighted by atomic mass is 15.1. The van der Waals surface area contributed by atoms with Crippen molar-refractivity contribution in [2.45, 2.75) is 59.9 Å². The smallest absolute Gasteiger partial charge is 0.222 e. The highest BCUT2D eigenvalue weighted by Gasteiger charge is 2.38. The molecule has 1 aliphatic rings. The summed E-state index contributed by atoms with van der Waals surface area (Å²) in [6.45, 7) is 11.4. The molecule has 0 bridgehead atoms. The van der Waals surface area contributed by atoms with E-state index in [1.165, 1.54) is 19.3 Å². The fraction of sp³-hybridized carbons (Fsp3) is 0.733. The number of aromatic nitrogens is 2. The molecular weight excluding hydrogens is 222 g/mol. The first kappa shape index (κ1) is 13.3. The van der Waals surface area contributed by atoms with Crippen LogP contribution in [0.15, 0.2) is 12.4 Å². The second kappa shape index (κ2) is 4.52. The fourth-order valence-electron chi connectivity index (χ4n) is 3.60. The van der Waals surface area contributed by atoms with Gasteiger partial charge in [-0.05, 0) is 42.6 Å². The van der Waals surface area contributed by atoms with Crippen LogP contribution >= 0.6 is 0 Å². The Balaban J connectivity index is 2.07. The van der Waals surface area contributed by atoms with Crippen LogP contribution in [0.1, 0.15) is 52.5 Å². The largest absolute Gasteiger partial charge is 0.351 e. The third-order valence-corrected chi connectivity index (χ3v) is 3.67. The van der Waals surface area contributed by atoms with E-state index in [1.807, 2.05) is 19.3 Å². The Bertz CT molecular complexity index is 390. The van der Waals surface area contributed by atoms with Crippen LogP contribution in [-0.2, 0) is 0 Å². The number of anilines is 1. The van der Waals surface area contributed by atoms with Crippen LogP contribution in [0.2, 0.25) is 0 Å².